The van der Waals surface area contributed by atoms with Gasteiger partial charge in [0.2, 0.25) is 17.4 Å². The summed E-state index contributed by atoms with van der Waals surface area (Å²) in [6.07, 6.45) is 2.32. The van der Waals surface area contributed by atoms with E-state index in [0.29, 0.717) is 44.7 Å². The Bertz CT molecular complexity index is 3870. The van der Waals surface area contributed by atoms with E-state index in [1.165, 1.54) is 62.8 Å². The number of rotatable bonds is 10. The number of benzene rings is 6. The molecule has 10 aromatic rings. The van der Waals surface area contributed by atoms with Gasteiger partial charge in [0.15, 0.2) is 17.2 Å². The number of primary amides is 2. The summed E-state index contributed by atoms with van der Waals surface area (Å²) in [5, 5.41) is 29.3. The van der Waals surface area contributed by atoms with Gasteiger partial charge in [0.05, 0.1) is 77.6 Å². The van der Waals surface area contributed by atoms with Crippen molar-refractivity contribution in [3.05, 3.63) is 178 Å². The fourth-order valence-corrected chi connectivity index (χ4v) is 8.32. The third-order valence-corrected chi connectivity index (χ3v) is 12.7. The van der Waals surface area contributed by atoms with Crippen LogP contribution in [0.5, 0.6) is 17.2 Å². The molecule has 2 atom stereocenters. The first-order valence-electron chi connectivity index (χ1n) is 21.9. The first-order chi connectivity index (χ1) is 35.1. The smallest absolute Gasteiger partial charge is 0.263 e. The van der Waals surface area contributed by atoms with Gasteiger partial charge in [-0.25, -0.2) is 8.78 Å². The van der Waals surface area contributed by atoms with Crippen LogP contribution in [0.2, 0.25) is 0 Å². The Morgan fingerprint density at radius 1 is 0.671 bits per heavy atom. The summed E-state index contributed by atoms with van der Waals surface area (Å²) in [5.74, 6) is -1.09. The highest BCUT2D eigenvalue weighted by atomic mass is 79.9. The van der Waals surface area contributed by atoms with Crippen molar-refractivity contribution in [2.45, 2.75) is 10.9 Å². The Morgan fingerprint density at radius 3 is 1.73 bits per heavy atom. The fourth-order valence-electron chi connectivity index (χ4n) is 8.02. The highest BCUT2D eigenvalue weighted by Crippen LogP contribution is 2.40. The maximum absolute atomic E-state index is 13.4. The monoisotopic (exact) mass is 1040 g/mol. The number of methoxy groups -OCH3 is 2. The van der Waals surface area contributed by atoms with Gasteiger partial charge in [-0.05, 0) is 66.2 Å². The molecule has 364 valence electrons. The molecular formula is C54H41BrF2N10O6. The SMILES string of the molecule is COc1cc2ncc3c(c(-c4ccc(C#N)cc4)[nH]n3C)c2cc1=O.COc1cc2ncc3c(c(-c4ccc(C#N)cc4)nn3C)c2cc1OC(C(N)=O)c1ccc(F)cc1.NC(=O)C(Br)c1ccc(F)cc1. The van der Waals surface area contributed by atoms with Gasteiger partial charge in [0.1, 0.15) is 22.2 Å². The number of nitriles is 2. The highest BCUT2D eigenvalue weighted by molar-refractivity contribution is 9.09. The number of nitrogens with one attached hydrogen (secondary N) is 1. The lowest BCUT2D eigenvalue weighted by atomic mass is 10.0. The minimum absolute atomic E-state index is 0.182. The first-order valence-corrected chi connectivity index (χ1v) is 22.8. The fraction of sp³-hybridized carbons (Fsp3) is 0.111. The van der Waals surface area contributed by atoms with Crippen LogP contribution < -0.4 is 31.1 Å². The van der Waals surface area contributed by atoms with Crippen LogP contribution in [0, 0.1) is 34.3 Å². The number of H-pyrrole nitrogens is 1. The van der Waals surface area contributed by atoms with E-state index in [2.05, 4.69) is 43.1 Å². The van der Waals surface area contributed by atoms with Gasteiger partial charge in [-0.2, -0.15) is 15.6 Å². The number of fused-ring (bicyclic) bond motifs is 6. The molecule has 0 spiro atoms. The number of amides is 2. The molecule has 10 rings (SSSR count). The number of pyridine rings is 2. The summed E-state index contributed by atoms with van der Waals surface area (Å²) in [4.78, 5) is 43.7. The van der Waals surface area contributed by atoms with Gasteiger partial charge in [0.25, 0.3) is 5.91 Å². The van der Waals surface area contributed by atoms with Crippen molar-refractivity contribution in [2.24, 2.45) is 25.6 Å². The largest absolute Gasteiger partial charge is 0.493 e. The van der Waals surface area contributed by atoms with Gasteiger partial charge in [0, 0.05) is 64.5 Å². The lowest BCUT2D eigenvalue weighted by Gasteiger charge is -2.19. The van der Waals surface area contributed by atoms with Crippen LogP contribution in [0.3, 0.4) is 0 Å². The number of nitrogens with zero attached hydrogens (tertiary/aromatic N) is 7. The van der Waals surface area contributed by atoms with Crippen molar-refractivity contribution in [1.82, 2.24) is 29.5 Å². The number of aryl methyl sites for hydroxylation is 2. The molecule has 6 aromatic carbocycles. The van der Waals surface area contributed by atoms with Gasteiger partial charge >= 0.3 is 0 Å². The zero-order valence-corrected chi connectivity index (χ0v) is 40.8. The van der Waals surface area contributed by atoms with Gasteiger partial charge in [-0.3, -0.25) is 38.8 Å². The van der Waals surface area contributed by atoms with E-state index in [0.717, 1.165) is 49.4 Å². The maximum atomic E-state index is 13.4. The predicted octanol–water partition coefficient (Wildman–Crippen LogP) is 9.12. The minimum Gasteiger partial charge on any atom is -0.493 e. The van der Waals surface area contributed by atoms with Gasteiger partial charge in [-0.1, -0.05) is 64.5 Å². The van der Waals surface area contributed by atoms with E-state index in [1.807, 2.05) is 43.0 Å². The number of aromatic amines is 1. The van der Waals surface area contributed by atoms with Crippen molar-refractivity contribution in [3.8, 4) is 51.9 Å². The third kappa shape index (κ3) is 10.4. The molecule has 0 aliphatic carbocycles. The number of carbonyl (C=O) groups excluding carboxylic acids is 2. The lowest BCUT2D eigenvalue weighted by Crippen LogP contribution is -2.26. The van der Waals surface area contributed by atoms with Crippen LogP contribution in [-0.2, 0) is 23.7 Å². The molecule has 0 aliphatic rings. The predicted molar refractivity (Wildman–Crippen MR) is 274 cm³/mol. The van der Waals surface area contributed by atoms with Gasteiger partial charge in [-0.15, -0.1) is 0 Å². The Balaban J connectivity index is 0.000000165. The summed E-state index contributed by atoms with van der Waals surface area (Å²) in [6.45, 7) is 0. The Kier molecular flexibility index (Phi) is 14.5. The Morgan fingerprint density at radius 2 is 1.19 bits per heavy atom. The molecule has 0 radical (unpaired) electrons. The zero-order chi connectivity index (χ0) is 52.1. The van der Waals surface area contributed by atoms with Crippen LogP contribution in [0.4, 0.5) is 8.78 Å². The molecule has 5 N–H and O–H groups in total. The molecule has 2 unspecified atom stereocenters. The van der Waals surface area contributed by atoms with Crippen molar-refractivity contribution < 1.29 is 32.6 Å². The van der Waals surface area contributed by atoms with Crippen LogP contribution >= 0.6 is 15.9 Å². The second-order valence-electron chi connectivity index (χ2n) is 16.2. The number of nitrogens with two attached hydrogens (primary N) is 2. The molecule has 16 nitrogen and oxygen atoms in total. The summed E-state index contributed by atoms with van der Waals surface area (Å²) in [7, 11) is 6.67. The molecule has 0 saturated heterocycles. The van der Waals surface area contributed by atoms with Crippen molar-refractivity contribution in [1.29, 1.82) is 10.5 Å². The minimum atomic E-state index is -1.17. The van der Waals surface area contributed by atoms with E-state index in [9.17, 15) is 23.2 Å². The van der Waals surface area contributed by atoms with Crippen molar-refractivity contribution >= 4 is 71.4 Å². The quantitative estimate of drug-likeness (QED) is 0.109. The van der Waals surface area contributed by atoms with E-state index in [1.54, 1.807) is 65.6 Å². The topological polar surface area (TPSA) is 243 Å². The number of halogens is 3. The summed E-state index contributed by atoms with van der Waals surface area (Å²) >= 11 is 3.08. The summed E-state index contributed by atoms with van der Waals surface area (Å²) < 4.78 is 46.1. The van der Waals surface area contributed by atoms with E-state index < -0.39 is 28.6 Å². The number of aromatic nitrogens is 6. The average Bonchev–Trinajstić information content (AvgIpc) is 3.94. The van der Waals surface area contributed by atoms with E-state index >= 15 is 0 Å². The first kappa shape index (κ1) is 49.9. The molecule has 0 aliphatic heterocycles. The van der Waals surface area contributed by atoms with Crippen LogP contribution in [0.1, 0.15) is 33.2 Å². The standard InChI is InChI=1S/C27H20FN5O3.C19H14N4O2.C8H7BrFNO/c1-33-21-14-31-20-12-22(35-2)23(36-26(27(30)34)17-7-9-18(28)10-8-17)11-19(20)24(21)25(32-33)16-5-3-15(13-29)4-6-16;1-23-15-10-21-14-8-17(25-2)16(24)7-13(14)18(15)19(22-23)12-5-3-11(9-20)4-6-12;9-7(8(11)12)5-1-3-6(10)4-2-5/h3-12,14,26H,1-2H3,(H2,30,34);3-8,10,22H,1-2H3;1-4,7H,(H2,11,12). The number of hydrogen-bond donors (Lipinski definition) is 3. The normalized spacial score (nSPS) is 11.6. The summed E-state index contributed by atoms with van der Waals surface area (Å²) in [6, 6.07) is 36.3. The number of ether oxygens (including phenoxy) is 3. The van der Waals surface area contributed by atoms with E-state index in [-0.39, 0.29) is 22.7 Å². The molecule has 19 heteroatoms. The number of carbonyl (C=O) groups is 2. The number of hydrogen-bond acceptors (Lipinski definition) is 11. The molecule has 4 heterocycles. The lowest BCUT2D eigenvalue weighted by molar-refractivity contribution is -0.125. The molecule has 0 saturated carbocycles. The molecule has 0 fully saturated rings. The van der Waals surface area contributed by atoms with Crippen molar-refractivity contribution in [2.75, 3.05) is 14.2 Å². The van der Waals surface area contributed by atoms with Gasteiger partial charge < -0.3 is 25.7 Å². The molecule has 0 bridgehead atoms. The zero-order valence-electron chi connectivity index (χ0n) is 39.2. The highest BCUT2D eigenvalue weighted by Gasteiger charge is 2.24. The average molecular weight is 1040 g/mol. The Labute approximate surface area is 422 Å². The third-order valence-electron chi connectivity index (χ3n) is 11.7. The Hall–Kier alpha value is -9.46. The molecular weight excluding hydrogens is 1000 g/mol. The van der Waals surface area contributed by atoms with E-state index in [4.69, 9.17) is 41.3 Å². The van der Waals surface area contributed by atoms with Crippen molar-refractivity contribution in [3.63, 3.8) is 0 Å². The molecule has 4 aromatic heterocycles. The second kappa shape index (κ2) is 21.3. The van der Waals surface area contributed by atoms with Crippen LogP contribution in [-0.4, -0.2) is 55.6 Å². The number of alkyl halides is 1. The van der Waals surface area contributed by atoms with Crippen LogP contribution in [0.15, 0.2) is 139 Å². The second-order valence-corrected chi connectivity index (χ2v) is 17.2. The molecule has 2 amide bonds. The maximum Gasteiger partial charge on any atom is 0.263 e. The molecule has 73 heavy (non-hydrogen) atoms. The summed E-state index contributed by atoms with van der Waals surface area (Å²) in [5.41, 5.74) is 19.0. The van der Waals surface area contributed by atoms with Crippen LogP contribution in [0.25, 0.3) is 66.1 Å².